The molecule has 1 aromatic heterocycles. The molecule has 1 amide bonds. The van der Waals surface area contributed by atoms with Gasteiger partial charge in [0.1, 0.15) is 5.82 Å². The van der Waals surface area contributed by atoms with Crippen molar-refractivity contribution in [3.05, 3.63) is 35.9 Å². The highest BCUT2D eigenvalue weighted by molar-refractivity contribution is 6.06. The third-order valence-corrected chi connectivity index (χ3v) is 4.32. The summed E-state index contributed by atoms with van der Waals surface area (Å²) in [5.74, 6) is 1.07. The molecule has 0 spiro atoms. The smallest absolute Gasteiger partial charge is 0.254 e. The Bertz CT molecular complexity index is 662. The number of anilines is 1. The van der Waals surface area contributed by atoms with Gasteiger partial charge in [-0.3, -0.25) is 4.79 Å². The zero-order chi connectivity index (χ0) is 14.8. The number of hydrogen-bond donors (Lipinski definition) is 1. The average Bonchev–Trinajstić information content (AvgIpc) is 2.98. The molecule has 0 radical (unpaired) electrons. The zero-order valence-corrected chi connectivity index (χ0v) is 12.4. The van der Waals surface area contributed by atoms with Gasteiger partial charge in [0.2, 0.25) is 0 Å². The van der Waals surface area contributed by atoms with E-state index in [-0.39, 0.29) is 5.91 Å². The van der Waals surface area contributed by atoms with Crippen LogP contribution in [0.1, 0.15) is 36.0 Å². The highest BCUT2D eigenvalue weighted by Crippen LogP contribution is 2.26. The van der Waals surface area contributed by atoms with Crippen molar-refractivity contribution in [1.29, 1.82) is 0 Å². The molecule has 1 fully saturated rings. The van der Waals surface area contributed by atoms with Crippen LogP contribution < -0.4 is 5.73 Å². The van der Waals surface area contributed by atoms with E-state index in [1.807, 2.05) is 36.2 Å². The number of aromatic nitrogens is 1. The van der Waals surface area contributed by atoms with Gasteiger partial charge in [-0.1, -0.05) is 31.0 Å². The zero-order valence-electron chi connectivity index (χ0n) is 12.4. The van der Waals surface area contributed by atoms with E-state index in [0.29, 0.717) is 17.3 Å². The van der Waals surface area contributed by atoms with Crippen molar-refractivity contribution < 1.29 is 4.79 Å². The first kappa shape index (κ1) is 13.9. The van der Waals surface area contributed by atoms with Crippen LogP contribution >= 0.6 is 0 Å². The third kappa shape index (κ3) is 2.84. The Hall–Kier alpha value is -2.10. The Morgan fingerprint density at radius 2 is 2.05 bits per heavy atom. The van der Waals surface area contributed by atoms with Crippen LogP contribution in [0.5, 0.6) is 0 Å². The van der Waals surface area contributed by atoms with E-state index in [1.165, 1.54) is 25.7 Å². The molecule has 4 heteroatoms. The molecule has 1 heterocycles. The lowest BCUT2D eigenvalue weighted by molar-refractivity contribution is 0.0775. The first-order chi connectivity index (χ1) is 10.1. The average molecular weight is 283 g/mol. The molecular formula is C17H21N3O. The van der Waals surface area contributed by atoms with Crippen LogP contribution in [0, 0.1) is 5.92 Å². The number of carbonyl (C=O) groups excluding carboxylic acids is 1. The number of pyridine rings is 1. The summed E-state index contributed by atoms with van der Waals surface area (Å²) in [5.41, 5.74) is 7.27. The number of nitrogen functional groups attached to an aromatic ring is 1. The number of fused-ring (bicyclic) bond motifs is 1. The number of para-hydroxylation sites is 1. The van der Waals surface area contributed by atoms with Crippen LogP contribution in [-0.4, -0.2) is 29.4 Å². The molecular weight excluding hydrogens is 262 g/mol. The van der Waals surface area contributed by atoms with Crippen molar-refractivity contribution >= 4 is 22.6 Å². The molecule has 0 saturated heterocycles. The second-order valence-corrected chi connectivity index (χ2v) is 5.95. The predicted molar refractivity (Wildman–Crippen MR) is 85.1 cm³/mol. The molecule has 3 rings (SSSR count). The van der Waals surface area contributed by atoms with E-state index >= 15 is 0 Å². The third-order valence-electron chi connectivity index (χ3n) is 4.32. The molecule has 0 bridgehead atoms. The Labute approximate surface area is 125 Å². The normalized spacial score (nSPS) is 15.5. The Balaban J connectivity index is 1.89. The van der Waals surface area contributed by atoms with Gasteiger partial charge in [0.25, 0.3) is 5.91 Å². The standard InChI is InChI=1S/C17H21N3O/c1-20(11-12-6-2-3-7-12)17(21)14-10-16(18)19-15-9-5-4-8-13(14)15/h4-5,8-10,12H,2-3,6-7,11H2,1H3,(H2,18,19). The SMILES string of the molecule is CN(CC1CCCC1)C(=O)c1cc(N)nc2ccccc12. The van der Waals surface area contributed by atoms with E-state index in [1.54, 1.807) is 6.07 Å². The molecule has 110 valence electrons. The minimum Gasteiger partial charge on any atom is -0.384 e. The Morgan fingerprint density at radius 3 is 2.81 bits per heavy atom. The van der Waals surface area contributed by atoms with Gasteiger partial charge in [-0.15, -0.1) is 0 Å². The molecule has 0 unspecified atom stereocenters. The Morgan fingerprint density at radius 1 is 1.33 bits per heavy atom. The van der Waals surface area contributed by atoms with Crippen molar-refractivity contribution in [2.75, 3.05) is 19.3 Å². The van der Waals surface area contributed by atoms with E-state index in [0.717, 1.165) is 17.4 Å². The number of benzene rings is 1. The van der Waals surface area contributed by atoms with Gasteiger partial charge in [-0.2, -0.15) is 0 Å². The van der Waals surface area contributed by atoms with E-state index in [2.05, 4.69) is 4.98 Å². The molecule has 1 aliphatic rings. The molecule has 4 nitrogen and oxygen atoms in total. The van der Waals surface area contributed by atoms with Crippen LogP contribution in [-0.2, 0) is 0 Å². The van der Waals surface area contributed by atoms with Crippen LogP contribution in [0.15, 0.2) is 30.3 Å². The van der Waals surface area contributed by atoms with Gasteiger partial charge in [0, 0.05) is 19.0 Å². The van der Waals surface area contributed by atoms with E-state index in [9.17, 15) is 4.79 Å². The van der Waals surface area contributed by atoms with Gasteiger partial charge in [0.15, 0.2) is 0 Å². The van der Waals surface area contributed by atoms with Crippen molar-refractivity contribution in [3.63, 3.8) is 0 Å². The van der Waals surface area contributed by atoms with Crippen LogP contribution in [0.2, 0.25) is 0 Å². The summed E-state index contributed by atoms with van der Waals surface area (Å²) < 4.78 is 0. The predicted octanol–water partition coefficient (Wildman–Crippen LogP) is 3.08. The van der Waals surface area contributed by atoms with Crippen LogP contribution in [0.4, 0.5) is 5.82 Å². The van der Waals surface area contributed by atoms with Crippen LogP contribution in [0.3, 0.4) is 0 Å². The fourth-order valence-electron chi connectivity index (χ4n) is 3.24. The second-order valence-electron chi connectivity index (χ2n) is 5.95. The lowest BCUT2D eigenvalue weighted by atomic mass is 10.1. The van der Waals surface area contributed by atoms with Crippen molar-refractivity contribution in [2.45, 2.75) is 25.7 Å². The van der Waals surface area contributed by atoms with E-state index < -0.39 is 0 Å². The monoisotopic (exact) mass is 283 g/mol. The van der Waals surface area contributed by atoms with Gasteiger partial charge in [0.05, 0.1) is 11.1 Å². The first-order valence-corrected chi connectivity index (χ1v) is 7.56. The number of carbonyl (C=O) groups is 1. The maximum absolute atomic E-state index is 12.7. The quantitative estimate of drug-likeness (QED) is 0.941. The fourth-order valence-corrected chi connectivity index (χ4v) is 3.24. The Kier molecular flexibility index (Phi) is 3.78. The van der Waals surface area contributed by atoms with Gasteiger partial charge >= 0.3 is 0 Å². The topological polar surface area (TPSA) is 59.2 Å². The highest BCUT2D eigenvalue weighted by atomic mass is 16.2. The summed E-state index contributed by atoms with van der Waals surface area (Å²) in [6, 6.07) is 9.34. The molecule has 2 aromatic rings. The van der Waals surface area contributed by atoms with Gasteiger partial charge in [-0.25, -0.2) is 4.98 Å². The fraction of sp³-hybridized carbons (Fsp3) is 0.412. The largest absolute Gasteiger partial charge is 0.384 e. The lowest BCUT2D eigenvalue weighted by Gasteiger charge is -2.22. The number of rotatable bonds is 3. The van der Waals surface area contributed by atoms with Gasteiger partial charge in [-0.05, 0) is 30.9 Å². The second kappa shape index (κ2) is 5.72. The van der Waals surface area contributed by atoms with Crippen molar-refractivity contribution in [1.82, 2.24) is 9.88 Å². The molecule has 0 atom stereocenters. The molecule has 0 aliphatic heterocycles. The minimum atomic E-state index is 0.0344. The molecule has 1 aliphatic carbocycles. The summed E-state index contributed by atoms with van der Waals surface area (Å²) >= 11 is 0. The molecule has 21 heavy (non-hydrogen) atoms. The molecule has 1 saturated carbocycles. The first-order valence-electron chi connectivity index (χ1n) is 7.56. The number of amides is 1. The summed E-state index contributed by atoms with van der Waals surface area (Å²) in [4.78, 5) is 18.9. The van der Waals surface area contributed by atoms with Gasteiger partial charge < -0.3 is 10.6 Å². The van der Waals surface area contributed by atoms with Crippen LogP contribution in [0.25, 0.3) is 10.9 Å². The van der Waals surface area contributed by atoms with Crippen molar-refractivity contribution in [2.24, 2.45) is 5.92 Å². The maximum Gasteiger partial charge on any atom is 0.254 e. The number of nitrogens with zero attached hydrogens (tertiary/aromatic N) is 2. The minimum absolute atomic E-state index is 0.0344. The maximum atomic E-state index is 12.7. The highest BCUT2D eigenvalue weighted by Gasteiger charge is 2.21. The summed E-state index contributed by atoms with van der Waals surface area (Å²) in [6.07, 6.45) is 5.05. The summed E-state index contributed by atoms with van der Waals surface area (Å²) in [5, 5.41) is 0.870. The lowest BCUT2D eigenvalue weighted by Crippen LogP contribution is -2.31. The summed E-state index contributed by atoms with van der Waals surface area (Å²) in [7, 11) is 1.88. The van der Waals surface area contributed by atoms with E-state index in [4.69, 9.17) is 5.73 Å². The molecule has 2 N–H and O–H groups in total. The van der Waals surface area contributed by atoms with Crippen molar-refractivity contribution in [3.8, 4) is 0 Å². The summed E-state index contributed by atoms with van der Waals surface area (Å²) in [6.45, 7) is 0.829. The number of nitrogens with two attached hydrogens (primary N) is 1. The molecule has 1 aromatic carbocycles. The number of hydrogen-bond acceptors (Lipinski definition) is 3.